The molecule has 0 spiro atoms. The van der Waals surface area contributed by atoms with E-state index in [1.165, 1.54) is 0 Å². The van der Waals surface area contributed by atoms with E-state index in [-0.39, 0.29) is 25.9 Å². The number of phosphoric acid groups is 1. The molecular formula is C10H21O6P. The summed E-state index contributed by atoms with van der Waals surface area (Å²) in [5.41, 5.74) is 0. The second-order valence-electron chi connectivity index (χ2n) is 4.03. The Balaban J connectivity index is 2.40. The van der Waals surface area contributed by atoms with E-state index >= 15 is 0 Å². The fourth-order valence-electron chi connectivity index (χ4n) is 1.45. The maximum Gasteiger partial charge on any atom is 0.474 e. The smallest absolute Gasteiger partial charge is 0.348 e. The van der Waals surface area contributed by atoms with Gasteiger partial charge in [-0.15, -0.1) is 0 Å². The van der Waals surface area contributed by atoms with Crippen molar-refractivity contribution < 1.29 is 27.6 Å². The van der Waals surface area contributed by atoms with Gasteiger partial charge >= 0.3 is 7.82 Å². The summed E-state index contributed by atoms with van der Waals surface area (Å²) in [7, 11) is -3.45. The topological polar surface area (TPSA) is 63.2 Å². The maximum atomic E-state index is 12.0. The predicted molar refractivity (Wildman–Crippen MR) is 61.7 cm³/mol. The van der Waals surface area contributed by atoms with Crippen LogP contribution < -0.4 is 0 Å². The number of ether oxygens (including phenoxy) is 2. The van der Waals surface area contributed by atoms with E-state index in [4.69, 9.17) is 23.0 Å². The van der Waals surface area contributed by atoms with Crippen LogP contribution in [0.15, 0.2) is 0 Å². The number of rotatable bonds is 7. The molecule has 7 heteroatoms. The monoisotopic (exact) mass is 268 g/mol. The molecule has 17 heavy (non-hydrogen) atoms. The lowest BCUT2D eigenvalue weighted by molar-refractivity contribution is -0.142. The summed E-state index contributed by atoms with van der Waals surface area (Å²) in [5.74, 6) is -0.616. The van der Waals surface area contributed by atoms with Gasteiger partial charge in [-0.05, 0) is 27.7 Å². The summed E-state index contributed by atoms with van der Waals surface area (Å²) in [6.45, 7) is 8.16. The Hall–Kier alpha value is 0.0300. The van der Waals surface area contributed by atoms with Crippen LogP contribution in [0.5, 0.6) is 0 Å². The molecule has 0 amide bonds. The highest BCUT2D eigenvalue weighted by Gasteiger charge is 2.35. The van der Waals surface area contributed by atoms with Gasteiger partial charge in [0.1, 0.15) is 6.10 Å². The van der Waals surface area contributed by atoms with Crippen LogP contribution in [0, 0.1) is 0 Å². The molecule has 0 N–H and O–H groups in total. The van der Waals surface area contributed by atoms with Crippen molar-refractivity contribution in [3.63, 3.8) is 0 Å². The molecule has 1 rings (SSSR count). The summed E-state index contributed by atoms with van der Waals surface area (Å²) >= 11 is 0. The third-order valence-corrected chi connectivity index (χ3v) is 3.67. The maximum absolute atomic E-state index is 12.0. The van der Waals surface area contributed by atoms with E-state index in [1.807, 2.05) is 13.8 Å². The highest BCUT2D eigenvalue weighted by molar-refractivity contribution is 7.48. The van der Waals surface area contributed by atoms with Gasteiger partial charge in [-0.2, -0.15) is 0 Å². The average molecular weight is 268 g/mol. The van der Waals surface area contributed by atoms with E-state index in [2.05, 4.69) is 0 Å². The van der Waals surface area contributed by atoms with Crippen molar-refractivity contribution in [3.8, 4) is 0 Å². The van der Waals surface area contributed by atoms with Gasteiger partial charge in [-0.1, -0.05) is 0 Å². The molecule has 0 aliphatic carbocycles. The highest BCUT2D eigenvalue weighted by atomic mass is 31.2. The third-order valence-electron chi connectivity index (χ3n) is 2.06. The molecule has 102 valence electrons. The van der Waals surface area contributed by atoms with Crippen molar-refractivity contribution in [3.05, 3.63) is 0 Å². The molecule has 1 fully saturated rings. The highest BCUT2D eigenvalue weighted by Crippen LogP contribution is 2.49. The fraction of sp³-hybridized carbons (Fsp3) is 1.00. The Morgan fingerprint density at radius 2 is 1.82 bits per heavy atom. The Kier molecular flexibility index (Phi) is 5.57. The van der Waals surface area contributed by atoms with E-state index in [0.717, 1.165) is 0 Å². The Morgan fingerprint density at radius 3 is 2.24 bits per heavy atom. The second-order valence-corrected chi connectivity index (χ2v) is 5.70. The minimum Gasteiger partial charge on any atom is -0.348 e. The molecule has 1 aliphatic rings. The number of hydrogen-bond donors (Lipinski definition) is 0. The molecule has 1 saturated heterocycles. The standard InChI is InChI=1S/C10H21O6P/c1-5-13-17(11,14-6-2)15-8-9-7-12-10(3,4)16-9/h9H,5-8H2,1-4H3/t9-/m1/s1. The van der Waals surface area contributed by atoms with Crippen LogP contribution >= 0.6 is 7.82 Å². The quantitative estimate of drug-likeness (QED) is 0.660. The van der Waals surface area contributed by atoms with Crippen molar-refractivity contribution >= 4 is 7.82 Å². The van der Waals surface area contributed by atoms with Gasteiger partial charge in [0.05, 0.1) is 26.4 Å². The molecule has 0 radical (unpaired) electrons. The normalized spacial score (nSPS) is 24.1. The van der Waals surface area contributed by atoms with Crippen LogP contribution in [0.1, 0.15) is 27.7 Å². The summed E-state index contributed by atoms with van der Waals surface area (Å²) in [4.78, 5) is 0. The SMILES string of the molecule is CCOP(=O)(OCC)OC[C@H]1COC(C)(C)O1. The van der Waals surface area contributed by atoms with Crippen molar-refractivity contribution in [2.45, 2.75) is 39.6 Å². The van der Waals surface area contributed by atoms with Crippen LogP contribution in [-0.2, 0) is 27.6 Å². The van der Waals surface area contributed by atoms with Gasteiger partial charge in [0.2, 0.25) is 0 Å². The zero-order chi connectivity index (χ0) is 12.9. The Morgan fingerprint density at radius 1 is 1.24 bits per heavy atom. The zero-order valence-corrected chi connectivity index (χ0v) is 11.7. The summed E-state index contributed by atoms with van der Waals surface area (Å²) in [6.07, 6.45) is -0.251. The predicted octanol–water partition coefficient (Wildman–Crippen LogP) is 2.34. The van der Waals surface area contributed by atoms with Crippen molar-refractivity contribution in [2.24, 2.45) is 0 Å². The van der Waals surface area contributed by atoms with Crippen LogP contribution in [0.2, 0.25) is 0 Å². The van der Waals surface area contributed by atoms with Gasteiger partial charge in [0, 0.05) is 0 Å². The molecule has 0 bridgehead atoms. The Labute approximate surface area is 102 Å². The molecule has 0 unspecified atom stereocenters. The van der Waals surface area contributed by atoms with Gasteiger partial charge in [0.25, 0.3) is 0 Å². The first-order valence-electron chi connectivity index (χ1n) is 5.76. The number of hydrogen-bond acceptors (Lipinski definition) is 6. The zero-order valence-electron chi connectivity index (χ0n) is 10.8. The van der Waals surface area contributed by atoms with Crippen LogP contribution in [0.25, 0.3) is 0 Å². The van der Waals surface area contributed by atoms with Gasteiger partial charge < -0.3 is 9.47 Å². The van der Waals surface area contributed by atoms with Gasteiger partial charge in [0.15, 0.2) is 5.79 Å². The fourth-order valence-corrected chi connectivity index (χ4v) is 2.65. The van der Waals surface area contributed by atoms with Crippen LogP contribution in [0.3, 0.4) is 0 Å². The molecule has 1 heterocycles. The molecule has 0 aromatic carbocycles. The lowest BCUT2D eigenvalue weighted by Gasteiger charge is -2.19. The van der Waals surface area contributed by atoms with Crippen molar-refractivity contribution in [1.29, 1.82) is 0 Å². The molecule has 6 nitrogen and oxygen atoms in total. The summed E-state index contributed by atoms with van der Waals surface area (Å²) in [5, 5.41) is 0. The minimum atomic E-state index is -3.45. The van der Waals surface area contributed by atoms with Crippen molar-refractivity contribution in [1.82, 2.24) is 0 Å². The first-order valence-corrected chi connectivity index (χ1v) is 7.22. The Bertz CT molecular complexity index is 270. The first-order chi connectivity index (χ1) is 7.91. The summed E-state index contributed by atoms with van der Waals surface area (Å²) in [6, 6.07) is 0. The van der Waals surface area contributed by atoms with Crippen LogP contribution in [0.4, 0.5) is 0 Å². The molecule has 0 saturated carbocycles. The average Bonchev–Trinajstić information content (AvgIpc) is 2.56. The van der Waals surface area contributed by atoms with E-state index < -0.39 is 13.6 Å². The molecular weight excluding hydrogens is 247 g/mol. The first kappa shape index (κ1) is 15.1. The van der Waals surface area contributed by atoms with Gasteiger partial charge in [-0.25, -0.2) is 4.57 Å². The number of phosphoric ester groups is 1. The lowest BCUT2D eigenvalue weighted by atomic mass is 10.4. The van der Waals surface area contributed by atoms with Crippen molar-refractivity contribution in [2.75, 3.05) is 26.4 Å². The van der Waals surface area contributed by atoms with E-state index in [9.17, 15) is 4.57 Å². The second kappa shape index (κ2) is 6.27. The minimum absolute atomic E-state index is 0.126. The molecule has 0 aromatic heterocycles. The molecule has 1 atom stereocenters. The van der Waals surface area contributed by atoms with Crippen LogP contribution in [-0.4, -0.2) is 38.3 Å². The molecule has 1 aliphatic heterocycles. The van der Waals surface area contributed by atoms with E-state index in [0.29, 0.717) is 6.61 Å². The van der Waals surface area contributed by atoms with Gasteiger partial charge in [-0.3, -0.25) is 13.6 Å². The largest absolute Gasteiger partial charge is 0.474 e. The third kappa shape index (κ3) is 5.04. The molecule has 0 aromatic rings. The summed E-state index contributed by atoms with van der Waals surface area (Å²) < 4.78 is 38.0. The van der Waals surface area contributed by atoms with E-state index in [1.54, 1.807) is 13.8 Å². The lowest BCUT2D eigenvalue weighted by Crippen LogP contribution is -2.24.